The minimum atomic E-state index is -0.279. The van der Waals surface area contributed by atoms with Crippen molar-refractivity contribution in [2.24, 2.45) is 5.41 Å². The molecule has 2 heterocycles. The molecule has 0 bridgehead atoms. The maximum absolute atomic E-state index is 13.3. The molecule has 6 nitrogen and oxygen atoms in total. The predicted octanol–water partition coefficient (Wildman–Crippen LogP) is 3.61. The highest BCUT2D eigenvalue weighted by Gasteiger charge is 2.36. The van der Waals surface area contributed by atoms with E-state index >= 15 is 0 Å². The summed E-state index contributed by atoms with van der Waals surface area (Å²) < 4.78 is 19.0. The Morgan fingerprint density at radius 1 is 1.33 bits per heavy atom. The number of benzene rings is 1. The van der Waals surface area contributed by atoms with Gasteiger partial charge in [0.15, 0.2) is 0 Å². The third-order valence-corrected chi connectivity index (χ3v) is 5.74. The SMILES string of the molecule is Cc1nnsc1C(=O)NC1CC(C)(C)Cc2c1cnn2-c1ccc(F)cc1. The average molecular weight is 385 g/mol. The van der Waals surface area contributed by atoms with Crippen LogP contribution in [0.2, 0.25) is 0 Å². The van der Waals surface area contributed by atoms with Crippen LogP contribution in [0, 0.1) is 18.2 Å². The highest BCUT2D eigenvalue weighted by molar-refractivity contribution is 7.08. The molecule has 1 atom stereocenters. The Labute approximate surface area is 160 Å². The van der Waals surface area contributed by atoms with Gasteiger partial charge in [-0.05, 0) is 61.0 Å². The van der Waals surface area contributed by atoms with Crippen molar-refractivity contribution in [3.05, 3.63) is 58.1 Å². The normalized spacial score (nSPS) is 18.1. The van der Waals surface area contributed by atoms with Crippen LogP contribution in [0.15, 0.2) is 30.5 Å². The number of carbonyl (C=O) groups is 1. The van der Waals surface area contributed by atoms with Gasteiger partial charge in [0.2, 0.25) is 0 Å². The van der Waals surface area contributed by atoms with Gasteiger partial charge in [-0.3, -0.25) is 4.79 Å². The number of amides is 1. The largest absolute Gasteiger partial charge is 0.344 e. The van der Waals surface area contributed by atoms with Gasteiger partial charge in [-0.15, -0.1) is 5.10 Å². The molecule has 1 aromatic carbocycles. The van der Waals surface area contributed by atoms with Gasteiger partial charge in [-0.25, -0.2) is 9.07 Å². The summed E-state index contributed by atoms with van der Waals surface area (Å²) in [6, 6.07) is 6.13. The summed E-state index contributed by atoms with van der Waals surface area (Å²) in [6.45, 7) is 6.13. The lowest BCUT2D eigenvalue weighted by Gasteiger charge is -2.35. The van der Waals surface area contributed by atoms with Crippen LogP contribution < -0.4 is 5.32 Å². The monoisotopic (exact) mass is 385 g/mol. The number of nitrogens with zero attached hydrogens (tertiary/aromatic N) is 4. The lowest BCUT2D eigenvalue weighted by molar-refractivity contribution is 0.0922. The summed E-state index contributed by atoms with van der Waals surface area (Å²) in [6.07, 6.45) is 3.44. The van der Waals surface area contributed by atoms with Gasteiger partial charge in [0.25, 0.3) is 5.91 Å². The Bertz CT molecular complexity index is 992. The zero-order valence-corrected chi connectivity index (χ0v) is 16.2. The lowest BCUT2D eigenvalue weighted by Crippen LogP contribution is -2.36. The first kappa shape index (κ1) is 17.8. The van der Waals surface area contributed by atoms with Gasteiger partial charge in [-0.1, -0.05) is 18.3 Å². The molecule has 0 radical (unpaired) electrons. The lowest BCUT2D eigenvalue weighted by atomic mass is 9.74. The Morgan fingerprint density at radius 2 is 2.07 bits per heavy atom. The van der Waals surface area contributed by atoms with Crippen molar-refractivity contribution in [2.75, 3.05) is 0 Å². The number of nitrogens with one attached hydrogen (secondary N) is 1. The number of halogens is 1. The molecule has 4 rings (SSSR count). The van der Waals surface area contributed by atoms with Crippen LogP contribution in [-0.2, 0) is 6.42 Å². The highest BCUT2D eigenvalue weighted by atomic mass is 32.1. The molecule has 2 aromatic heterocycles. The summed E-state index contributed by atoms with van der Waals surface area (Å²) in [5, 5.41) is 11.6. The average Bonchev–Trinajstić information content (AvgIpc) is 3.21. The minimum absolute atomic E-state index is 0.0102. The minimum Gasteiger partial charge on any atom is -0.344 e. The summed E-state index contributed by atoms with van der Waals surface area (Å²) >= 11 is 1.10. The number of aryl methyl sites for hydroxylation is 1. The molecule has 1 aliphatic rings. The van der Waals surface area contributed by atoms with Crippen LogP contribution in [0.5, 0.6) is 0 Å². The van der Waals surface area contributed by atoms with E-state index in [9.17, 15) is 9.18 Å². The van der Waals surface area contributed by atoms with Gasteiger partial charge in [0.1, 0.15) is 10.7 Å². The van der Waals surface area contributed by atoms with E-state index in [1.54, 1.807) is 25.3 Å². The van der Waals surface area contributed by atoms with E-state index in [-0.39, 0.29) is 23.2 Å². The molecular formula is C19H20FN5OS. The summed E-state index contributed by atoms with van der Waals surface area (Å²) in [4.78, 5) is 13.2. The topological polar surface area (TPSA) is 72.7 Å². The second kappa shape index (κ2) is 6.53. The Kier molecular flexibility index (Phi) is 4.30. The van der Waals surface area contributed by atoms with Crippen molar-refractivity contribution < 1.29 is 9.18 Å². The molecular weight excluding hydrogens is 365 g/mol. The second-order valence-electron chi connectivity index (χ2n) is 7.69. The second-order valence-corrected chi connectivity index (χ2v) is 8.45. The number of carbonyl (C=O) groups excluding carboxylic acids is 1. The molecule has 1 unspecified atom stereocenters. The van der Waals surface area contributed by atoms with Gasteiger partial charge in [0.05, 0.1) is 29.3 Å². The van der Waals surface area contributed by atoms with E-state index < -0.39 is 0 Å². The molecule has 0 aliphatic heterocycles. The third kappa shape index (κ3) is 3.37. The zero-order chi connectivity index (χ0) is 19.2. The van der Waals surface area contributed by atoms with E-state index in [1.807, 2.05) is 4.68 Å². The fourth-order valence-corrected chi connectivity index (χ4v) is 4.20. The number of rotatable bonds is 3. The van der Waals surface area contributed by atoms with Gasteiger partial charge >= 0.3 is 0 Å². The van der Waals surface area contributed by atoms with Crippen molar-refractivity contribution in [3.63, 3.8) is 0 Å². The van der Waals surface area contributed by atoms with Crippen LogP contribution in [-0.4, -0.2) is 25.3 Å². The zero-order valence-electron chi connectivity index (χ0n) is 15.4. The smallest absolute Gasteiger partial charge is 0.265 e. The molecule has 3 aromatic rings. The number of aromatic nitrogens is 4. The van der Waals surface area contributed by atoms with E-state index in [0.717, 1.165) is 41.3 Å². The Balaban J connectivity index is 1.69. The predicted molar refractivity (Wildman–Crippen MR) is 100 cm³/mol. The maximum atomic E-state index is 13.3. The van der Waals surface area contributed by atoms with Crippen molar-refractivity contribution in [2.45, 2.75) is 39.7 Å². The first-order valence-electron chi connectivity index (χ1n) is 8.77. The molecule has 1 amide bonds. The molecule has 140 valence electrons. The quantitative estimate of drug-likeness (QED) is 0.747. The number of hydrogen-bond acceptors (Lipinski definition) is 5. The molecule has 27 heavy (non-hydrogen) atoms. The van der Waals surface area contributed by atoms with E-state index in [0.29, 0.717) is 10.6 Å². The van der Waals surface area contributed by atoms with Crippen molar-refractivity contribution >= 4 is 17.4 Å². The van der Waals surface area contributed by atoms with Crippen LogP contribution in [0.1, 0.15) is 52.9 Å². The van der Waals surface area contributed by atoms with Gasteiger partial charge < -0.3 is 5.32 Å². The van der Waals surface area contributed by atoms with Gasteiger partial charge in [-0.2, -0.15) is 5.10 Å². The fraction of sp³-hybridized carbons (Fsp3) is 0.368. The van der Waals surface area contributed by atoms with Gasteiger partial charge in [0, 0.05) is 5.56 Å². The molecule has 1 aliphatic carbocycles. The molecule has 1 N–H and O–H groups in total. The first-order chi connectivity index (χ1) is 12.8. The number of fused-ring (bicyclic) bond motifs is 1. The fourth-order valence-electron chi connectivity index (χ4n) is 3.64. The highest BCUT2D eigenvalue weighted by Crippen LogP contribution is 2.41. The van der Waals surface area contributed by atoms with Crippen molar-refractivity contribution in [3.8, 4) is 5.69 Å². The van der Waals surface area contributed by atoms with E-state index in [4.69, 9.17) is 0 Å². The summed E-state index contributed by atoms with van der Waals surface area (Å²) in [5.74, 6) is -0.440. The van der Waals surface area contributed by atoms with Crippen LogP contribution in [0.4, 0.5) is 4.39 Å². The molecule has 0 fully saturated rings. The third-order valence-electron chi connectivity index (χ3n) is 4.91. The van der Waals surface area contributed by atoms with E-state index in [2.05, 4.69) is 33.8 Å². The summed E-state index contributed by atoms with van der Waals surface area (Å²) in [5.41, 5.74) is 3.48. The van der Waals surface area contributed by atoms with Crippen molar-refractivity contribution in [1.29, 1.82) is 0 Å². The Morgan fingerprint density at radius 3 is 2.74 bits per heavy atom. The number of hydrogen-bond donors (Lipinski definition) is 1. The van der Waals surface area contributed by atoms with Crippen LogP contribution in [0.3, 0.4) is 0 Å². The van der Waals surface area contributed by atoms with Crippen molar-refractivity contribution in [1.82, 2.24) is 24.7 Å². The van der Waals surface area contributed by atoms with Crippen LogP contribution >= 0.6 is 11.5 Å². The molecule has 0 saturated heterocycles. The molecule has 0 saturated carbocycles. The molecule has 8 heteroatoms. The van der Waals surface area contributed by atoms with E-state index in [1.165, 1.54) is 12.1 Å². The first-order valence-corrected chi connectivity index (χ1v) is 9.54. The van der Waals surface area contributed by atoms with Crippen LogP contribution in [0.25, 0.3) is 5.69 Å². The maximum Gasteiger partial charge on any atom is 0.265 e. The standard InChI is InChI=1S/C19H20FN5OS/c1-11-17(27-24-23-11)18(26)22-15-8-19(2,3)9-16-14(15)10-21-25(16)13-6-4-12(20)5-7-13/h4-7,10,15H,8-9H2,1-3H3,(H,22,26). The summed E-state index contributed by atoms with van der Waals surface area (Å²) in [7, 11) is 0. The Hall–Kier alpha value is -2.61. The molecule has 0 spiro atoms.